The largest absolute Gasteiger partial charge is 0.355 e. The molecule has 0 amide bonds. The lowest BCUT2D eigenvalue weighted by Crippen LogP contribution is -2.07. The Hall–Kier alpha value is -3.66. The Kier molecular flexibility index (Phi) is 3.39. The van der Waals surface area contributed by atoms with Crippen LogP contribution in [-0.2, 0) is 0 Å². The standard InChI is InChI=1S/C22H16N4/c1-3-15-11-19-7-9-21(25-19)13-17-5-2-6-18(24-17)14-22-10-8-20(26-22)12-16(4-1)23-15/h1-14,23-24H. The highest BCUT2D eigenvalue weighted by Gasteiger charge is 2.01. The molecular formula is C22H16N4. The monoisotopic (exact) mass is 336 g/mol. The second-order valence-corrected chi connectivity index (χ2v) is 6.29. The fraction of sp³-hybridized carbons (Fsp3) is 0. The zero-order valence-corrected chi connectivity index (χ0v) is 14.0. The molecule has 0 spiro atoms. The van der Waals surface area contributed by atoms with E-state index in [1.807, 2.05) is 85.0 Å². The average molecular weight is 336 g/mol. The van der Waals surface area contributed by atoms with Crippen LogP contribution >= 0.6 is 0 Å². The SMILES string of the molecule is C1=Cc2cc3nc(cc4[nH]c(cc5nc(cc([nH]2)=C1)C=C5)C=CC=4)C=C3. The molecule has 124 valence electrons. The number of nitrogens with one attached hydrogen (secondary N) is 2. The van der Waals surface area contributed by atoms with E-state index in [0.29, 0.717) is 0 Å². The molecule has 2 N–H and O–H groups in total. The predicted molar refractivity (Wildman–Crippen MR) is 108 cm³/mol. The van der Waals surface area contributed by atoms with Gasteiger partial charge < -0.3 is 9.97 Å². The lowest BCUT2D eigenvalue weighted by atomic mass is 10.2. The molecule has 1 aromatic rings. The van der Waals surface area contributed by atoms with Crippen molar-refractivity contribution in [2.45, 2.75) is 0 Å². The second-order valence-electron chi connectivity index (χ2n) is 6.29. The first-order valence-corrected chi connectivity index (χ1v) is 8.51. The van der Waals surface area contributed by atoms with Crippen LogP contribution in [0.25, 0.3) is 48.6 Å². The maximum atomic E-state index is 4.68. The summed E-state index contributed by atoms with van der Waals surface area (Å²) >= 11 is 0. The molecule has 0 saturated heterocycles. The third-order valence-corrected chi connectivity index (χ3v) is 4.26. The smallest absolute Gasteiger partial charge is 0.0658 e. The maximum Gasteiger partial charge on any atom is 0.0658 e. The molecule has 4 aliphatic heterocycles. The third-order valence-electron chi connectivity index (χ3n) is 4.26. The highest BCUT2D eigenvalue weighted by Crippen LogP contribution is 2.12. The predicted octanol–water partition coefficient (Wildman–Crippen LogP) is 3.09. The number of rotatable bonds is 0. The van der Waals surface area contributed by atoms with Crippen molar-refractivity contribution >= 4 is 48.6 Å². The minimum absolute atomic E-state index is 0.924. The van der Waals surface area contributed by atoms with Gasteiger partial charge in [-0.05, 0) is 72.9 Å². The van der Waals surface area contributed by atoms with Gasteiger partial charge in [0.25, 0.3) is 0 Å². The van der Waals surface area contributed by atoms with Gasteiger partial charge in [-0.3, -0.25) is 0 Å². The van der Waals surface area contributed by atoms with Crippen LogP contribution in [-0.4, -0.2) is 19.9 Å². The van der Waals surface area contributed by atoms with Gasteiger partial charge in [0.1, 0.15) is 0 Å². The minimum Gasteiger partial charge on any atom is -0.355 e. The summed E-state index contributed by atoms with van der Waals surface area (Å²) in [7, 11) is 0. The molecule has 0 radical (unpaired) electrons. The molecule has 5 heterocycles. The summed E-state index contributed by atoms with van der Waals surface area (Å²) in [5.74, 6) is 0. The number of aromatic amines is 2. The van der Waals surface area contributed by atoms with Gasteiger partial charge in [-0.2, -0.15) is 0 Å². The third kappa shape index (κ3) is 3.00. The average Bonchev–Trinajstić information content (AvgIpc) is 3.24. The lowest BCUT2D eigenvalue weighted by molar-refractivity contribution is 1.19. The summed E-state index contributed by atoms with van der Waals surface area (Å²) in [5, 5.41) is 2.00. The van der Waals surface area contributed by atoms with Gasteiger partial charge in [0.15, 0.2) is 0 Å². The van der Waals surface area contributed by atoms with Crippen LogP contribution in [0.3, 0.4) is 0 Å². The zero-order valence-electron chi connectivity index (χ0n) is 14.0. The van der Waals surface area contributed by atoms with E-state index in [4.69, 9.17) is 0 Å². The van der Waals surface area contributed by atoms with Crippen LogP contribution in [0, 0.1) is 0 Å². The molecule has 0 aliphatic carbocycles. The van der Waals surface area contributed by atoms with Crippen LogP contribution in [0.15, 0.2) is 36.4 Å². The van der Waals surface area contributed by atoms with Crippen molar-refractivity contribution in [3.05, 3.63) is 81.3 Å². The number of H-pyrrole nitrogens is 2. The topological polar surface area (TPSA) is 57.4 Å². The molecule has 1 aromatic heterocycles. The number of hydrogen-bond donors (Lipinski definition) is 2. The van der Waals surface area contributed by atoms with Crippen molar-refractivity contribution in [1.82, 2.24) is 19.9 Å². The summed E-state index contributed by atoms with van der Waals surface area (Å²) in [6, 6.07) is 8.16. The van der Waals surface area contributed by atoms with Crippen molar-refractivity contribution in [3.63, 3.8) is 0 Å². The summed E-state index contributed by atoms with van der Waals surface area (Å²) in [6.45, 7) is 0. The molecule has 0 aromatic carbocycles. The van der Waals surface area contributed by atoms with Crippen molar-refractivity contribution in [3.8, 4) is 0 Å². The van der Waals surface area contributed by atoms with E-state index >= 15 is 0 Å². The number of aromatic nitrogens is 4. The van der Waals surface area contributed by atoms with E-state index < -0.39 is 0 Å². The van der Waals surface area contributed by atoms with E-state index in [1.165, 1.54) is 0 Å². The molecule has 8 bridgehead atoms. The van der Waals surface area contributed by atoms with Gasteiger partial charge in [0.2, 0.25) is 0 Å². The highest BCUT2D eigenvalue weighted by molar-refractivity contribution is 5.73. The van der Waals surface area contributed by atoms with E-state index in [2.05, 4.69) is 19.9 Å². The Labute approximate surface area is 150 Å². The molecule has 0 fully saturated rings. The summed E-state index contributed by atoms with van der Waals surface area (Å²) < 4.78 is 0. The van der Waals surface area contributed by atoms with Crippen molar-refractivity contribution in [1.29, 1.82) is 0 Å². The Balaban J connectivity index is 1.86. The summed E-state index contributed by atoms with van der Waals surface area (Å²) in [5.41, 5.74) is 5.70. The fourth-order valence-corrected chi connectivity index (χ4v) is 3.10. The van der Waals surface area contributed by atoms with Gasteiger partial charge in [-0.15, -0.1) is 0 Å². The molecule has 4 heteroatoms. The zero-order chi connectivity index (χ0) is 17.3. The highest BCUT2D eigenvalue weighted by atomic mass is 14.8. The van der Waals surface area contributed by atoms with Gasteiger partial charge in [-0.25, -0.2) is 9.97 Å². The van der Waals surface area contributed by atoms with Crippen molar-refractivity contribution in [2.75, 3.05) is 0 Å². The van der Waals surface area contributed by atoms with Crippen LogP contribution in [0.1, 0.15) is 34.2 Å². The maximum absolute atomic E-state index is 4.68. The van der Waals surface area contributed by atoms with Gasteiger partial charge >= 0.3 is 0 Å². The number of hydrogen-bond acceptors (Lipinski definition) is 2. The summed E-state index contributed by atoms with van der Waals surface area (Å²) in [6.07, 6.45) is 20.3. The Morgan fingerprint density at radius 3 is 1.38 bits per heavy atom. The van der Waals surface area contributed by atoms with Crippen LogP contribution in [0.2, 0.25) is 0 Å². The number of allylic oxidation sites excluding steroid dienone is 2. The Morgan fingerprint density at radius 2 is 0.923 bits per heavy atom. The van der Waals surface area contributed by atoms with E-state index in [0.717, 1.165) is 44.9 Å². The van der Waals surface area contributed by atoms with Crippen molar-refractivity contribution < 1.29 is 0 Å². The lowest BCUT2D eigenvalue weighted by Gasteiger charge is -1.97. The first kappa shape index (κ1) is 14.7. The first-order valence-electron chi connectivity index (χ1n) is 8.51. The normalized spacial score (nSPS) is 14.2. The molecule has 26 heavy (non-hydrogen) atoms. The Morgan fingerprint density at radius 1 is 0.500 bits per heavy atom. The minimum atomic E-state index is 0.924. The molecule has 4 nitrogen and oxygen atoms in total. The quantitative estimate of drug-likeness (QED) is 0.663. The van der Waals surface area contributed by atoms with E-state index in [9.17, 15) is 0 Å². The second kappa shape index (κ2) is 6.01. The van der Waals surface area contributed by atoms with Crippen LogP contribution in [0.5, 0.6) is 0 Å². The fourth-order valence-electron chi connectivity index (χ4n) is 3.10. The van der Waals surface area contributed by atoms with E-state index in [1.54, 1.807) is 0 Å². The molecule has 4 aliphatic rings. The first-order chi connectivity index (χ1) is 12.8. The van der Waals surface area contributed by atoms with Crippen LogP contribution < -0.4 is 10.7 Å². The molecule has 5 rings (SSSR count). The Bertz CT molecular complexity index is 1130. The molecule has 0 saturated carbocycles. The van der Waals surface area contributed by atoms with Crippen LogP contribution in [0.4, 0.5) is 0 Å². The number of nitrogens with zero attached hydrogens (tertiary/aromatic N) is 2. The number of fused-ring (bicyclic) bond motifs is 8. The van der Waals surface area contributed by atoms with Gasteiger partial charge in [0, 0.05) is 22.1 Å². The van der Waals surface area contributed by atoms with E-state index in [-0.39, 0.29) is 0 Å². The van der Waals surface area contributed by atoms with Gasteiger partial charge in [-0.1, -0.05) is 12.2 Å². The summed E-state index contributed by atoms with van der Waals surface area (Å²) in [4.78, 5) is 16.2. The molecule has 0 unspecified atom stereocenters. The van der Waals surface area contributed by atoms with Gasteiger partial charge in [0.05, 0.1) is 22.8 Å². The molecule has 0 atom stereocenters. The molecular weight excluding hydrogens is 320 g/mol. The van der Waals surface area contributed by atoms with Crippen molar-refractivity contribution in [2.24, 2.45) is 0 Å².